The first-order chi connectivity index (χ1) is 16.9. The van der Waals surface area contributed by atoms with Gasteiger partial charge in [-0.15, -0.1) is 0 Å². The summed E-state index contributed by atoms with van der Waals surface area (Å²) in [5.41, 5.74) is 2.06. The average molecular weight is 494 g/mol. The van der Waals surface area contributed by atoms with Crippen molar-refractivity contribution in [1.29, 1.82) is 0 Å². The number of benzene rings is 3. The molecule has 0 aliphatic heterocycles. The fourth-order valence-electron chi connectivity index (χ4n) is 3.40. The minimum absolute atomic E-state index is 0.0339. The van der Waals surface area contributed by atoms with Crippen LogP contribution in [0.5, 0.6) is 0 Å². The van der Waals surface area contributed by atoms with Gasteiger partial charge in [0.2, 0.25) is 15.9 Å². The summed E-state index contributed by atoms with van der Waals surface area (Å²) in [4.78, 5) is 16.6. The maximum atomic E-state index is 13.3. The number of oxazole rings is 1. The van der Waals surface area contributed by atoms with Crippen LogP contribution >= 0.6 is 0 Å². The molecular weight excluding hydrogens is 469 g/mol. The Labute approximate surface area is 203 Å². The third-order valence-electron chi connectivity index (χ3n) is 5.23. The van der Waals surface area contributed by atoms with E-state index in [1.165, 1.54) is 30.3 Å². The molecule has 0 bridgehead atoms. The van der Waals surface area contributed by atoms with Crippen molar-refractivity contribution in [2.45, 2.75) is 30.8 Å². The van der Waals surface area contributed by atoms with Gasteiger partial charge in [0.25, 0.3) is 0 Å². The summed E-state index contributed by atoms with van der Waals surface area (Å²) in [6.07, 6.45) is 2.16. The topological polar surface area (TPSA) is 101 Å². The molecule has 35 heavy (non-hydrogen) atoms. The van der Waals surface area contributed by atoms with Crippen molar-refractivity contribution < 1.29 is 22.0 Å². The van der Waals surface area contributed by atoms with E-state index in [1.807, 2.05) is 30.3 Å². The Balaban J connectivity index is 1.28. The van der Waals surface area contributed by atoms with Crippen LogP contribution in [-0.2, 0) is 34.3 Å². The van der Waals surface area contributed by atoms with E-state index in [-0.39, 0.29) is 30.3 Å². The molecule has 0 unspecified atom stereocenters. The Kier molecular flexibility index (Phi) is 7.69. The summed E-state index contributed by atoms with van der Waals surface area (Å²) in [6, 6.07) is 21.6. The molecule has 1 aromatic heterocycles. The summed E-state index contributed by atoms with van der Waals surface area (Å²) in [6.45, 7) is 0.140. The minimum Gasteiger partial charge on any atom is -0.441 e. The molecule has 0 aliphatic carbocycles. The van der Waals surface area contributed by atoms with Crippen molar-refractivity contribution in [1.82, 2.24) is 15.0 Å². The zero-order valence-corrected chi connectivity index (χ0v) is 19.6. The number of aromatic nitrogens is 1. The van der Waals surface area contributed by atoms with Gasteiger partial charge in [-0.25, -0.2) is 22.5 Å². The molecule has 3 aromatic carbocycles. The number of hydrogen-bond acceptors (Lipinski definition) is 5. The summed E-state index contributed by atoms with van der Waals surface area (Å²) >= 11 is 0. The predicted molar refractivity (Wildman–Crippen MR) is 129 cm³/mol. The van der Waals surface area contributed by atoms with Crippen LogP contribution in [0, 0.1) is 5.82 Å². The second kappa shape index (κ2) is 11.1. The van der Waals surface area contributed by atoms with E-state index >= 15 is 0 Å². The highest BCUT2D eigenvalue weighted by atomic mass is 32.2. The number of aryl methyl sites for hydroxylation is 1. The number of halogens is 1. The molecule has 0 aliphatic rings. The van der Waals surface area contributed by atoms with E-state index in [9.17, 15) is 17.6 Å². The summed E-state index contributed by atoms with van der Waals surface area (Å²) in [5, 5.41) is 2.79. The number of carbonyl (C=O) groups excluding carboxylic acids is 1. The van der Waals surface area contributed by atoms with Gasteiger partial charge in [0, 0.05) is 31.5 Å². The number of nitrogens with one attached hydrogen (secondary N) is 2. The van der Waals surface area contributed by atoms with Crippen molar-refractivity contribution >= 4 is 15.9 Å². The maximum absolute atomic E-state index is 13.3. The van der Waals surface area contributed by atoms with Crippen LogP contribution in [0.4, 0.5) is 4.39 Å². The smallest absolute Gasteiger partial charge is 0.240 e. The minimum atomic E-state index is -3.81. The standard InChI is InChI=1S/C26H24FN3O4S/c27-22-10-4-6-19(14-22)17-30-35(32,33)23-11-5-7-20(15-23)16-28-25(31)12-13-26-29-18-24(34-26)21-8-2-1-3-9-21/h1-11,14-15,18,30H,12-13,16-17H2,(H,28,31). The first kappa shape index (κ1) is 24.3. The molecule has 1 heterocycles. The lowest BCUT2D eigenvalue weighted by Gasteiger charge is -2.09. The number of amides is 1. The highest BCUT2D eigenvalue weighted by Gasteiger charge is 2.15. The van der Waals surface area contributed by atoms with Gasteiger partial charge >= 0.3 is 0 Å². The molecule has 0 radical (unpaired) electrons. The van der Waals surface area contributed by atoms with E-state index in [1.54, 1.807) is 24.4 Å². The fourth-order valence-corrected chi connectivity index (χ4v) is 4.49. The molecule has 0 spiro atoms. The van der Waals surface area contributed by atoms with Gasteiger partial charge in [-0.2, -0.15) is 0 Å². The second-order valence-electron chi connectivity index (χ2n) is 7.86. The van der Waals surface area contributed by atoms with Crippen molar-refractivity contribution in [3.63, 3.8) is 0 Å². The largest absolute Gasteiger partial charge is 0.441 e. The Morgan fingerprint density at radius 3 is 2.43 bits per heavy atom. The SMILES string of the molecule is O=C(CCc1ncc(-c2ccccc2)o1)NCc1cccc(S(=O)(=O)NCc2cccc(F)c2)c1. The molecule has 4 rings (SSSR count). The molecule has 0 fully saturated rings. The third-order valence-corrected chi connectivity index (χ3v) is 6.63. The van der Waals surface area contributed by atoms with E-state index < -0.39 is 15.8 Å². The molecule has 0 saturated heterocycles. The first-order valence-corrected chi connectivity index (χ1v) is 12.5. The quantitative estimate of drug-likeness (QED) is 0.345. The Morgan fingerprint density at radius 2 is 1.66 bits per heavy atom. The molecule has 1 amide bonds. The van der Waals surface area contributed by atoms with E-state index in [2.05, 4.69) is 15.0 Å². The van der Waals surface area contributed by atoms with E-state index in [0.717, 1.165) is 5.56 Å². The molecule has 9 heteroatoms. The van der Waals surface area contributed by atoms with Crippen LogP contribution < -0.4 is 10.0 Å². The van der Waals surface area contributed by atoms with Gasteiger partial charge in [0.15, 0.2) is 11.7 Å². The first-order valence-electron chi connectivity index (χ1n) is 11.0. The van der Waals surface area contributed by atoms with Gasteiger partial charge < -0.3 is 9.73 Å². The van der Waals surface area contributed by atoms with Crippen LogP contribution in [0.15, 0.2) is 94.4 Å². The van der Waals surface area contributed by atoms with Gasteiger partial charge in [0.1, 0.15) is 5.82 Å². The Bertz CT molecular complexity index is 1400. The van der Waals surface area contributed by atoms with Gasteiger partial charge in [-0.3, -0.25) is 4.79 Å². The van der Waals surface area contributed by atoms with Crippen LogP contribution in [0.1, 0.15) is 23.4 Å². The van der Waals surface area contributed by atoms with Crippen molar-refractivity contribution in [3.8, 4) is 11.3 Å². The maximum Gasteiger partial charge on any atom is 0.240 e. The van der Waals surface area contributed by atoms with Crippen molar-refractivity contribution in [3.05, 3.63) is 108 Å². The van der Waals surface area contributed by atoms with Gasteiger partial charge in [0.05, 0.1) is 11.1 Å². The van der Waals surface area contributed by atoms with E-state index in [4.69, 9.17) is 4.42 Å². The lowest BCUT2D eigenvalue weighted by atomic mass is 10.2. The van der Waals surface area contributed by atoms with E-state index in [0.29, 0.717) is 29.2 Å². The Hall–Kier alpha value is -3.82. The summed E-state index contributed by atoms with van der Waals surface area (Å²) < 4.78 is 46.8. The molecule has 4 aromatic rings. The second-order valence-corrected chi connectivity index (χ2v) is 9.63. The molecule has 2 N–H and O–H groups in total. The summed E-state index contributed by atoms with van der Waals surface area (Å²) in [7, 11) is -3.81. The zero-order valence-electron chi connectivity index (χ0n) is 18.8. The van der Waals surface area contributed by atoms with Crippen LogP contribution in [0.25, 0.3) is 11.3 Å². The van der Waals surface area contributed by atoms with Crippen LogP contribution in [-0.4, -0.2) is 19.3 Å². The molecule has 0 saturated carbocycles. The highest BCUT2D eigenvalue weighted by molar-refractivity contribution is 7.89. The normalized spacial score (nSPS) is 11.3. The lowest BCUT2D eigenvalue weighted by molar-refractivity contribution is -0.121. The van der Waals surface area contributed by atoms with Crippen molar-refractivity contribution in [2.75, 3.05) is 0 Å². The number of rotatable bonds is 10. The Morgan fingerprint density at radius 1 is 0.914 bits per heavy atom. The predicted octanol–water partition coefficient (Wildman–Crippen LogP) is 4.21. The third kappa shape index (κ3) is 6.84. The monoisotopic (exact) mass is 493 g/mol. The number of hydrogen-bond donors (Lipinski definition) is 2. The molecule has 0 atom stereocenters. The van der Waals surface area contributed by atoms with Crippen LogP contribution in [0.2, 0.25) is 0 Å². The number of sulfonamides is 1. The summed E-state index contributed by atoms with van der Waals surface area (Å²) in [5.74, 6) is 0.474. The molecular formula is C26H24FN3O4S. The number of carbonyl (C=O) groups is 1. The van der Waals surface area contributed by atoms with Crippen molar-refractivity contribution in [2.24, 2.45) is 0 Å². The van der Waals surface area contributed by atoms with Gasteiger partial charge in [-0.1, -0.05) is 54.6 Å². The average Bonchev–Trinajstić information content (AvgIpc) is 3.35. The molecule has 7 nitrogen and oxygen atoms in total. The molecule has 180 valence electrons. The fraction of sp³-hybridized carbons (Fsp3) is 0.154. The van der Waals surface area contributed by atoms with Gasteiger partial charge in [-0.05, 0) is 35.4 Å². The highest BCUT2D eigenvalue weighted by Crippen LogP contribution is 2.20. The number of nitrogens with zero attached hydrogens (tertiary/aromatic N) is 1. The van der Waals surface area contributed by atoms with Crippen LogP contribution in [0.3, 0.4) is 0 Å². The zero-order chi connectivity index (χ0) is 24.7. The lowest BCUT2D eigenvalue weighted by Crippen LogP contribution is -2.25.